The van der Waals surface area contributed by atoms with Gasteiger partial charge in [0.25, 0.3) is 0 Å². The van der Waals surface area contributed by atoms with Gasteiger partial charge in [-0.15, -0.1) is 16.8 Å². The molecular weight excluding hydrogens is 397 g/mol. The summed E-state index contributed by atoms with van der Waals surface area (Å²) in [4.78, 5) is 12.1. The van der Waals surface area contributed by atoms with Gasteiger partial charge >= 0.3 is 0 Å². The van der Waals surface area contributed by atoms with Crippen LogP contribution in [0.3, 0.4) is 0 Å². The van der Waals surface area contributed by atoms with Gasteiger partial charge in [0.15, 0.2) is 34.5 Å². The molecule has 1 N–H and O–H groups in total. The Labute approximate surface area is 171 Å². The molecular formula is C19H20FN5O3S. The first kappa shape index (κ1) is 20.6. The number of benzene rings is 1. The second-order valence-corrected chi connectivity index (χ2v) is 7.03. The number of halogens is 1. The highest BCUT2D eigenvalue weighted by Gasteiger charge is 2.20. The summed E-state index contributed by atoms with van der Waals surface area (Å²) in [6, 6.07) is 7.78. The van der Waals surface area contributed by atoms with Crippen LogP contribution < -0.4 is 10.1 Å². The molecule has 1 atom stereocenters. The normalized spacial score (nSPS) is 11.8. The van der Waals surface area contributed by atoms with Gasteiger partial charge in [-0.1, -0.05) is 35.1 Å². The topological polar surface area (TPSA) is 95.1 Å². The van der Waals surface area contributed by atoms with Crippen molar-refractivity contribution in [1.29, 1.82) is 0 Å². The monoisotopic (exact) mass is 417 g/mol. The number of nitrogens with zero attached hydrogens (tertiary/aromatic N) is 4. The number of allylic oxidation sites excluding steroid dienone is 1. The van der Waals surface area contributed by atoms with E-state index in [1.807, 2.05) is 0 Å². The lowest BCUT2D eigenvalue weighted by molar-refractivity contribution is -0.113. The van der Waals surface area contributed by atoms with Crippen LogP contribution in [-0.2, 0) is 11.3 Å². The Morgan fingerprint density at radius 1 is 1.45 bits per heavy atom. The molecule has 3 aromatic rings. The van der Waals surface area contributed by atoms with Gasteiger partial charge in [-0.05, 0) is 26.0 Å². The first-order valence-corrected chi connectivity index (χ1v) is 9.77. The summed E-state index contributed by atoms with van der Waals surface area (Å²) < 4.78 is 26.3. The Hall–Kier alpha value is -3.14. The number of para-hydroxylation sites is 1. The molecule has 0 spiro atoms. The molecule has 0 saturated heterocycles. The van der Waals surface area contributed by atoms with E-state index in [1.165, 1.54) is 17.8 Å². The van der Waals surface area contributed by atoms with Gasteiger partial charge in [0.1, 0.15) is 5.76 Å². The molecule has 2 aromatic heterocycles. The third kappa shape index (κ3) is 5.23. The summed E-state index contributed by atoms with van der Waals surface area (Å²) in [5.41, 5.74) is 0. The quantitative estimate of drug-likeness (QED) is 0.418. The van der Waals surface area contributed by atoms with Gasteiger partial charge in [0, 0.05) is 12.6 Å². The van der Waals surface area contributed by atoms with Gasteiger partial charge in [0.2, 0.25) is 5.91 Å². The highest BCUT2D eigenvalue weighted by atomic mass is 32.2. The Morgan fingerprint density at radius 2 is 2.24 bits per heavy atom. The SMILES string of the molecule is C=CCn1c(SCC(=O)Nc2cc(C)on2)nnc1C(C)Oc1ccccc1F. The summed E-state index contributed by atoms with van der Waals surface area (Å²) >= 11 is 1.21. The number of nitrogens with one attached hydrogen (secondary N) is 1. The Bertz CT molecular complexity index is 1000. The molecule has 0 fully saturated rings. The number of rotatable bonds is 9. The predicted molar refractivity (Wildman–Crippen MR) is 106 cm³/mol. The maximum absolute atomic E-state index is 13.9. The number of hydrogen-bond acceptors (Lipinski definition) is 7. The molecule has 1 unspecified atom stereocenters. The van der Waals surface area contributed by atoms with E-state index in [0.29, 0.717) is 29.1 Å². The lowest BCUT2D eigenvalue weighted by Crippen LogP contribution is -2.15. The predicted octanol–water partition coefficient (Wildman–Crippen LogP) is 3.77. The van der Waals surface area contributed by atoms with E-state index in [9.17, 15) is 9.18 Å². The molecule has 0 saturated carbocycles. The summed E-state index contributed by atoms with van der Waals surface area (Å²) in [7, 11) is 0. The molecule has 0 aliphatic rings. The average molecular weight is 417 g/mol. The molecule has 1 aromatic carbocycles. The van der Waals surface area contributed by atoms with Crippen molar-refractivity contribution in [3.8, 4) is 5.75 Å². The van der Waals surface area contributed by atoms with Crippen molar-refractivity contribution in [3.63, 3.8) is 0 Å². The Morgan fingerprint density at radius 3 is 2.93 bits per heavy atom. The molecule has 10 heteroatoms. The van der Waals surface area contributed by atoms with Gasteiger partial charge in [-0.3, -0.25) is 9.36 Å². The molecule has 29 heavy (non-hydrogen) atoms. The van der Waals surface area contributed by atoms with Crippen LogP contribution in [0, 0.1) is 12.7 Å². The van der Waals surface area contributed by atoms with Gasteiger partial charge in [-0.25, -0.2) is 4.39 Å². The molecule has 2 heterocycles. The van der Waals surface area contributed by atoms with Crippen LogP contribution in [0.15, 0.2) is 52.7 Å². The molecule has 0 radical (unpaired) electrons. The largest absolute Gasteiger partial charge is 0.480 e. The van der Waals surface area contributed by atoms with E-state index < -0.39 is 11.9 Å². The lowest BCUT2D eigenvalue weighted by atomic mass is 10.3. The van der Waals surface area contributed by atoms with E-state index in [2.05, 4.69) is 27.2 Å². The summed E-state index contributed by atoms with van der Waals surface area (Å²) in [5.74, 6) is 0.981. The first-order valence-electron chi connectivity index (χ1n) is 8.79. The van der Waals surface area contributed by atoms with Crippen LogP contribution >= 0.6 is 11.8 Å². The first-order chi connectivity index (χ1) is 14.0. The minimum absolute atomic E-state index is 0.101. The highest BCUT2D eigenvalue weighted by molar-refractivity contribution is 7.99. The van der Waals surface area contributed by atoms with Crippen molar-refractivity contribution in [2.24, 2.45) is 0 Å². The number of anilines is 1. The summed E-state index contributed by atoms with van der Waals surface area (Å²) in [5, 5.41) is 15.2. The zero-order valence-electron chi connectivity index (χ0n) is 16.0. The minimum atomic E-state index is -0.555. The lowest BCUT2D eigenvalue weighted by Gasteiger charge is -2.16. The number of aromatic nitrogens is 4. The van der Waals surface area contributed by atoms with Gasteiger partial charge in [-0.2, -0.15) is 0 Å². The number of amides is 1. The number of hydrogen-bond donors (Lipinski definition) is 1. The van der Waals surface area contributed by atoms with Crippen LogP contribution in [0.5, 0.6) is 5.75 Å². The average Bonchev–Trinajstić information content (AvgIpc) is 3.28. The fraction of sp³-hybridized carbons (Fsp3) is 0.263. The van der Waals surface area contributed by atoms with Gasteiger partial charge in [0.05, 0.1) is 5.75 Å². The van der Waals surface area contributed by atoms with Crippen LogP contribution in [0.25, 0.3) is 0 Å². The maximum Gasteiger partial charge on any atom is 0.236 e. The molecule has 0 aliphatic heterocycles. The van der Waals surface area contributed by atoms with Crippen molar-refractivity contribution in [3.05, 3.63) is 60.4 Å². The van der Waals surface area contributed by atoms with Crippen LogP contribution in [0.2, 0.25) is 0 Å². The molecule has 152 valence electrons. The van der Waals surface area contributed by atoms with Crippen molar-refractivity contribution >= 4 is 23.5 Å². The zero-order valence-corrected chi connectivity index (χ0v) is 16.8. The number of thioether (sulfide) groups is 1. The third-order valence-corrected chi connectivity index (χ3v) is 4.76. The minimum Gasteiger partial charge on any atom is -0.480 e. The number of carbonyl (C=O) groups is 1. The smallest absolute Gasteiger partial charge is 0.236 e. The van der Waals surface area contributed by atoms with E-state index >= 15 is 0 Å². The van der Waals surface area contributed by atoms with Gasteiger partial charge < -0.3 is 14.6 Å². The van der Waals surface area contributed by atoms with E-state index in [1.54, 1.807) is 48.8 Å². The second-order valence-electron chi connectivity index (χ2n) is 6.09. The fourth-order valence-electron chi connectivity index (χ4n) is 2.53. The number of ether oxygens (including phenoxy) is 1. The highest BCUT2D eigenvalue weighted by Crippen LogP contribution is 2.26. The molecule has 8 nitrogen and oxygen atoms in total. The molecule has 0 bridgehead atoms. The second kappa shape index (κ2) is 9.37. The number of carbonyl (C=O) groups excluding carboxylic acids is 1. The fourth-order valence-corrected chi connectivity index (χ4v) is 3.28. The van der Waals surface area contributed by atoms with E-state index in [0.717, 1.165) is 0 Å². The summed E-state index contributed by atoms with van der Waals surface area (Å²) in [6.07, 6.45) is 1.13. The van der Waals surface area contributed by atoms with Crippen LogP contribution in [0.4, 0.5) is 10.2 Å². The Kier molecular flexibility index (Phi) is 6.65. The van der Waals surface area contributed by atoms with Crippen LogP contribution in [0.1, 0.15) is 24.6 Å². The zero-order chi connectivity index (χ0) is 20.8. The Balaban J connectivity index is 1.68. The number of aryl methyl sites for hydroxylation is 1. The summed E-state index contributed by atoms with van der Waals surface area (Å²) in [6.45, 7) is 7.65. The van der Waals surface area contributed by atoms with Crippen molar-refractivity contribution in [1.82, 2.24) is 19.9 Å². The third-order valence-electron chi connectivity index (χ3n) is 3.79. The van der Waals surface area contributed by atoms with E-state index in [-0.39, 0.29) is 17.4 Å². The van der Waals surface area contributed by atoms with Crippen molar-refractivity contribution in [2.75, 3.05) is 11.1 Å². The van der Waals surface area contributed by atoms with Crippen molar-refractivity contribution in [2.45, 2.75) is 31.7 Å². The van der Waals surface area contributed by atoms with Crippen LogP contribution in [-0.4, -0.2) is 31.6 Å². The standard InChI is InChI=1S/C19H20FN5O3S/c1-4-9-25-18(13(3)27-15-8-6-5-7-14(15)20)22-23-19(25)29-11-17(26)21-16-10-12(2)28-24-16/h4-8,10,13H,1,9,11H2,2-3H3,(H,21,24,26). The molecule has 0 aliphatic carbocycles. The van der Waals surface area contributed by atoms with E-state index in [4.69, 9.17) is 9.26 Å². The maximum atomic E-state index is 13.9. The molecule has 1 amide bonds. The molecule has 3 rings (SSSR count). The van der Waals surface area contributed by atoms with Crippen molar-refractivity contribution < 1.29 is 18.4 Å².